The third-order valence-corrected chi connectivity index (χ3v) is 1.73. The summed E-state index contributed by atoms with van der Waals surface area (Å²) in [6, 6.07) is 7.87. The third-order valence-electron chi connectivity index (χ3n) is 1.73. The Kier molecular flexibility index (Phi) is 0.853. The first-order valence-corrected chi connectivity index (χ1v) is 3.32. The average molecular weight is 133 g/mol. The van der Waals surface area contributed by atoms with E-state index in [0.29, 0.717) is 6.54 Å². The van der Waals surface area contributed by atoms with Crippen LogP contribution in [-0.4, -0.2) is 6.54 Å². The Hall–Kier alpha value is -1.24. The smallest absolute Gasteiger partial charge is 0.160 e. The topological polar surface area (TPSA) is 12.0 Å². The van der Waals surface area contributed by atoms with E-state index < -0.39 is 0 Å². The highest BCUT2D eigenvalue weighted by molar-refractivity contribution is 5.82. The van der Waals surface area contributed by atoms with E-state index in [1.807, 2.05) is 24.3 Å². The molecule has 0 spiro atoms. The van der Waals surface area contributed by atoms with Crippen LogP contribution in [0.3, 0.4) is 0 Å². The number of hydrogen-bond acceptors (Lipinski definition) is 1. The van der Waals surface area contributed by atoms with Gasteiger partial charge in [0.1, 0.15) is 0 Å². The zero-order valence-corrected chi connectivity index (χ0v) is 5.67. The molecule has 1 heteroatoms. The van der Waals surface area contributed by atoms with Crippen LogP contribution in [0.2, 0.25) is 1.41 Å². The standard InChI is InChI=1S/C9H9N/c1-7-6-10-9-5-3-2-4-8(7)9/h2-5,10H,1,6H2/i/hT. The van der Waals surface area contributed by atoms with Crippen molar-refractivity contribution in [3.8, 4) is 0 Å². The molecular weight excluding hydrogens is 122 g/mol. The summed E-state index contributed by atoms with van der Waals surface area (Å²) in [5.41, 5.74) is 3.12. The number of hydrogen-bond donors (Lipinski definition) is 1. The van der Waals surface area contributed by atoms with Crippen molar-refractivity contribution < 1.29 is 1.41 Å². The third kappa shape index (κ3) is 0.637. The predicted octanol–water partition coefficient (Wildman–Crippen LogP) is 2.13. The molecule has 0 saturated heterocycles. The van der Waals surface area contributed by atoms with Crippen LogP contribution in [0.15, 0.2) is 30.8 Å². The molecule has 50 valence electrons. The Bertz CT molecular complexity index is 306. The quantitative estimate of drug-likeness (QED) is 0.571. The van der Waals surface area contributed by atoms with E-state index in [1.54, 1.807) is 0 Å². The van der Waals surface area contributed by atoms with E-state index in [9.17, 15) is 0 Å². The number of fused-ring (bicyclic) bond motifs is 1. The van der Waals surface area contributed by atoms with Crippen molar-refractivity contribution in [2.45, 2.75) is 0 Å². The summed E-state index contributed by atoms with van der Waals surface area (Å²) < 4.78 is 7.52. The molecule has 0 bridgehead atoms. The summed E-state index contributed by atoms with van der Waals surface area (Å²) in [7, 11) is 0. The monoisotopic (exact) mass is 133 g/mol. The van der Waals surface area contributed by atoms with Gasteiger partial charge in [-0.1, -0.05) is 24.8 Å². The molecule has 0 atom stereocenters. The maximum atomic E-state index is 7.52. The normalized spacial score (nSPS) is 17.0. The maximum absolute atomic E-state index is 7.52. The summed E-state index contributed by atoms with van der Waals surface area (Å²) in [4.78, 5) is 0. The van der Waals surface area contributed by atoms with Crippen molar-refractivity contribution >= 4 is 11.3 Å². The Labute approximate surface area is 61.8 Å². The van der Waals surface area contributed by atoms with Gasteiger partial charge < -0.3 is 5.31 Å². The Morgan fingerprint density at radius 2 is 2.30 bits per heavy atom. The molecule has 1 aliphatic heterocycles. The molecular formula is C9H9N. The highest BCUT2D eigenvalue weighted by Gasteiger charge is 2.10. The summed E-state index contributed by atoms with van der Waals surface area (Å²) in [6.45, 7) is 4.52. The summed E-state index contributed by atoms with van der Waals surface area (Å²) in [5.74, 6) is 0. The van der Waals surface area contributed by atoms with Gasteiger partial charge >= 0.3 is 0 Å². The fourth-order valence-electron chi connectivity index (χ4n) is 1.18. The molecule has 0 radical (unpaired) electrons. The van der Waals surface area contributed by atoms with Gasteiger partial charge in [0.05, 0.1) is 0 Å². The van der Waals surface area contributed by atoms with Crippen LogP contribution in [0.1, 0.15) is 5.56 Å². The minimum Gasteiger partial charge on any atom is -0.380 e. The second kappa shape index (κ2) is 1.87. The van der Waals surface area contributed by atoms with Gasteiger partial charge in [0.25, 0.3) is 0 Å². The second-order valence-corrected chi connectivity index (χ2v) is 2.44. The molecule has 10 heavy (non-hydrogen) atoms. The van der Waals surface area contributed by atoms with Gasteiger partial charge in [-0.15, -0.1) is 0 Å². The van der Waals surface area contributed by atoms with Crippen LogP contribution < -0.4 is 5.31 Å². The number of rotatable bonds is 0. The lowest BCUT2D eigenvalue weighted by Crippen LogP contribution is -1.89. The van der Waals surface area contributed by atoms with Crippen LogP contribution in [0.5, 0.6) is 0 Å². The molecule has 1 nitrogen and oxygen atoms in total. The van der Waals surface area contributed by atoms with Crippen molar-refractivity contribution in [3.05, 3.63) is 36.4 Å². The first-order chi connectivity index (χ1) is 5.29. The van der Waals surface area contributed by atoms with Crippen LogP contribution in [0, 0.1) is 0 Å². The second-order valence-electron chi connectivity index (χ2n) is 2.44. The van der Waals surface area contributed by atoms with Crippen molar-refractivity contribution in [2.75, 3.05) is 11.9 Å². The summed E-state index contributed by atoms with van der Waals surface area (Å²) in [6.07, 6.45) is 0. The number of anilines is 1. The minimum atomic E-state index is 0.638. The fourth-order valence-corrected chi connectivity index (χ4v) is 1.18. The zero-order chi connectivity index (χ0) is 7.84. The largest absolute Gasteiger partial charge is 0.380 e. The first-order valence-electron chi connectivity index (χ1n) is 3.77. The number of benzene rings is 1. The van der Waals surface area contributed by atoms with Gasteiger partial charge in [0.15, 0.2) is 1.41 Å². The van der Waals surface area contributed by atoms with E-state index in [1.165, 1.54) is 5.31 Å². The molecule has 1 aliphatic rings. The predicted molar refractivity (Wildman–Crippen MR) is 44.0 cm³/mol. The molecule has 0 aliphatic carbocycles. The molecule has 1 aromatic carbocycles. The van der Waals surface area contributed by atoms with Crippen LogP contribution in [-0.2, 0) is 0 Å². The first kappa shape index (κ1) is 4.56. The van der Waals surface area contributed by atoms with Crippen molar-refractivity contribution in [1.29, 1.82) is 0 Å². The molecule has 1 heterocycles. The Morgan fingerprint density at radius 1 is 1.50 bits per heavy atom. The fraction of sp³-hybridized carbons (Fsp3) is 0.111. The van der Waals surface area contributed by atoms with E-state index in [2.05, 4.69) is 6.58 Å². The lowest BCUT2D eigenvalue weighted by atomic mass is 10.1. The Morgan fingerprint density at radius 3 is 3.10 bits per heavy atom. The van der Waals surface area contributed by atoms with Crippen molar-refractivity contribution in [2.24, 2.45) is 0 Å². The average Bonchev–Trinajstić information content (AvgIpc) is 2.30. The molecule has 0 saturated carbocycles. The van der Waals surface area contributed by atoms with Gasteiger partial charge in [0, 0.05) is 17.8 Å². The molecule has 0 unspecified atom stereocenters. The molecule has 1 aromatic rings. The summed E-state index contributed by atoms with van der Waals surface area (Å²) in [5, 5.41) is 1.47. The molecule has 0 fully saturated rings. The molecule has 1 N–H and O–H groups in total. The van der Waals surface area contributed by atoms with E-state index >= 15 is 0 Å². The molecule has 0 amide bonds. The number of nitrogens with one attached hydrogen (secondary N) is 1. The SMILES string of the molecule is [3H]N1CC(=C)c2ccccc21. The highest BCUT2D eigenvalue weighted by atomic mass is 14.9. The maximum Gasteiger partial charge on any atom is 0.160 e. The lowest BCUT2D eigenvalue weighted by molar-refractivity contribution is 1.45. The van der Waals surface area contributed by atoms with Gasteiger partial charge in [-0.25, -0.2) is 0 Å². The molecule has 0 aromatic heterocycles. The van der Waals surface area contributed by atoms with Crippen LogP contribution in [0.4, 0.5) is 5.69 Å². The van der Waals surface area contributed by atoms with E-state index in [-0.39, 0.29) is 0 Å². The van der Waals surface area contributed by atoms with E-state index in [0.717, 1.165) is 16.8 Å². The van der Waals surface area contributed by atoms with Gasteiger partial charge in [-0.05, 0) is 11.6 Å². The Balaban J connectivity index is 2.60. The van der Waals surface area contributed by atoms with Gasteiger partial charge in [-0.2, -0.15) is 0 Å². The van der Waals surface area contributed by atoms with Gasteiger partial charge in [-0.3, -0.25) is 0 Å². The van der Waals surface area contributed by atoms with E-state index in [4.69, 9.17) is 1.41 Å². The highest BCUT2D eigenvalue weighted by Crippen LogP contribution is 2.28. The minimum absolute atomic E-state index is 0.638. The zero-order valence-electron chi connectivity index (χ0n) is 6.67. The molecule has 2 rings (SSSR count). The van der Waals surface area contributed by atoms with Crippen LogP contribution in [0.25, 0.3) is 5.57 Å². The lowest BCUT2D eigenvalue weighted by Gasteiger charge is -1.94. The van der Waals surface area contributed by atoms with Crippen molar-refractivity contribution in [3.63, 3.8) is 0 Å². The summed E-state index contributed by atoms with van der Waals surface area (Å²) >= 11 is 0. The van der Waals surface area contributed by atoms with Crippen LogP contribution >= 0.6 is 0 Å². The van der Waals surface area contributed by atoms with Crippen molar-refractivity contribution in [1.82, 2.24) is 0 Å². The van der Waals surface area contributed by atoms with Gasteiger partial charge in [0.2, 0.25) is 0 Å². The number of para-hydroxylation sites is 1.